The molecular weight excluding hydrogens is 346 g/mol. The predicted molar refractivity (Wildman–Crippen MR) is 103 cm³/mol. The van der Waals surface area contributed by atoms with Gasteiger partial charge in [0.15, 0.2) is 0 Å². The lowest BCUT2D eigenvalue weighted by Gasteiger charge is -2.05. The molecule has 0 saturated carbocycles. The molecule has 0 saturated heterocycles. The van der Waals surface area contributed by atoms with E-state index in [-0.39, 0.29) is 23.3 Å². The van der Waals surface area contributed by atoms with E-state index in [1.165, 1.54) is 24.4 Å². The minimum absolute atomic E-state index is 0.0476. The summed E-state index contributed by atoms with van der Waals surface area (Å²) in [6, 6.07) is 13.1. The van der Waals surface area contributed by atoms with Gasteiger partial charge in [-0.05, 0) is 37.1 Å². The minimum atomic E-state index is -0.224. The molecule has 7 nitrogen and oxygen atoms in total. The summed E-state index contributed by atoms with van der Waals surface area (Å²) in [6.07, 6.45) is 3.92. The Kier molecular flexibility index (Phi) is 7.84. The van der Waals surface area contributed by atoms with Crippen LogP contribution in [0.5, 0.6) is 11.5 Å². The highest BCUT2D eigenvalue weighted by atomic mass is 16.3. The van der Waals surface area contributed by atoms with Crippen LogP contribution in [0.3, 0.4) is 0 Å². The second-order valence-electron chi connectivity index (χ2n) is 5.97. The fourth-order valence-corrected chi connectivity index (χ4v) is 2.35. The van der Waals surface area contributed by atoms with Crippen LogP contribution in [-0.2, 0) is 4.79 Å². The summed E-state index contributed by atoms with van der Waals surface area (Å²) in [4.78, 5) is 23.5. The second-order valence-corrected chi connectivity index (χ2v) is 5.97. The van der Waals surface area contributed by atoms with Crippen molar-refractivity contribution in [2.75, 3.05) is 6.54 Å². The molecular formula is C20H23N3O4. The monoisotopic (exact) mass is 369 g/mol. The Morgan fingerprint density at radius 1 is 1.00 bits per heavy atom. The van der Waals surface area contributed by atoms with Crippen molar-refractivity contribution < 1.29 is 19.8 Å². The van der Waals surface area contributed by atoms with Crippen LogP contribution in [0.2, 0.25) is 0 Å². The third kappa shape index (κ3) is 7.19. The number of unbranched alkanes of at least 4 members (excludes halogenated alkanes) is 2. The number of phenolic OH excluding ortho intramolecular Hbond substituents is 2. The maximum atomic E-state index is 11.8. The van der Waals surface area contributed by atoms with Gasteiger partial charge in [0.05, 0.1) is 6.21 Å². The standard InChI is InChI=1S/C20H23N3O4/c24-17-11-10-16(18(25)13-17)14-22-23-19(26)9-5-2-6-12-21-20(27)15-7-3-1-4-8-15/h1,3-4,7-8,10-11,13-14,24-25H,2,5-6,9,12H2,(H,21,27)(H,23,26). The molecule has 0 aliphatic heterocycles. The number of rotatable bonds is 9. The van der Waals surface area contributed by atoms with E-state index in [0.29, 0.717) is 30.5 Å². The van der Waals surface area contributed by atoms with Crippen molar-refractivity contribution in [2.45, 2.75) is 25.7 Å². The molecule has 7 heteroatoms. The summed E-state index contributed by atoms with van der Waals surface area (Å²) < 4.78 is 0. The minimum Gasteiger partial charge on any atom is -0.508 e. The van der Waals surface area contributed by atoms with Gasteiger partial charge in [0.1, 0.15) is 11.5 Å². The molecule has 4 N–H and O–H groups in total. The van der Waals surface area contributed by atoms with Crippen molar-refractivity contribution in [1.82, 2.24) is 10.7 Å². The molecule has 0 spiro atoms. The lowest BCUT2D eigenvalue weighted by atomic mass is 10.2. The Morgan fingerprint density at radius 3 is 2.52 bits per heavy atom. The van der Waals surface area contributed by atoms with Crippen molar-refractivity contribution >= 4 is 18.0 Å². The van der Waals surface area contributed by atoms with Gasteiger partial charge in [-0.3, -0.25) is 9.59 Å². The average Bonchev–Trinajstić information content (AvgIpc) is 2.66. The molecule has 0 aromatic heterocycles. The zero-order chi connectivity index (χ0) is 19.5. The van der Waals surface area contributed by atoms with E-state index in [2.05, 4.69) is 15.8 Å². The summed E-state index contributed by atoms with van der Waals surface area (Å²) in [5.41, 5.74) is 3.42. The first-order chi connectivity index (χ1) is 13.1. The Morgan fingerprint density at radius 2 is 1.78 bits per heavy atom. The van der Waals surface area contributed by atoms with E-state index in [0.717, 1.165) is 12.8 Å². The third-order valence-electron chi connectivity index (χ3n) is 3.81. The molecule has 0 radical (unpaired) electrons. The molecule has 0 atom stereocenters. The number of benzene rings is 2. The van der Waals surface area contributed by atoms with Gasteiger partial charge >= 0.3 is 0 Å². The van der Waals surface area contributed by atoms with Crippen LogP contribution in [0.25, 0.3) is 0 Å². The molecule has 2 rings (SSSR count). The zero-order valence-corrected chi connectivity index (χ0v) is 14.9. The van der Waals surface area contributed by atoms with E-state index >= 15 is 0 Å². The van der Waals surface area contributed by atoms with Crippen LogP contribution >= 0.6 is 0 Å². The maximum Gasteiger partial charge on any atom is 0.251 e. The Labute approximate surface area is 157 Å². The molecule has 142 valence electrons. The number of hydrogen-bond donors (Lipinski definition) is 4. The van der Waals surface area contributed by atoms with Crippen LogP contribution in [0.4, 0.5) is 0 Å². The number of hydrazone groups is 1. The van der Waals surface area contributed by atoms with Crippen molar-refractivity contribution in [3.63, 3.8) is 0 Å². The average molecular weight is 369 g/mol. The largest absolute Gasteiger partial charge is 0.508 e. The normalized spacial score (nSPS) is 10.7. The second kappa shape index (κ2) is 10.6. The van der Waals surface area contributed by atoms with E-state index in [4.69, 9.17) is 0 Å². The Bertz CT molecular complexity index is 791. The van der Waals surface area contributed by atoms with Gasteiger partial charge in [-0.15, -0.1) is 0 Å². The van der Waals surface area contributed by atoms with E-state index in [1.807, 2.05) is 18.2 Å². The molecule has 0 aliphatic carbocycles. The molecule has 27 heavy (non-hydrogen) atoms. The van der Waals surface area contributed by atoms with Crippen LogP contribution < -0.4 is 10.7 Å². The third-order valence-corrected chi connectivity index (χ3v) is 3.81. The first-order valence-electron chi connectivity index (χ1n) is 8.73. The molecule has 0 fully saturated rings. The fraction of sp³-hybridized carbons (Fsp3) is 0.250. The van der Waals surface area contributed by atoms with Crippen molar-refractivity contribution in [1.29, 1.82) is 0 Å². The number of aromatic hydroxyl groups is 2. The maximum absolute atomic E-state index is 11.8. The zero-order valence-electron chi connectivity index (χ0n) is 14.9. The lowest BCUT2D eigenvalue weighted by Crippen LogP contribution is -2.24. The number of nitrogens with zero attached hydrogens (tertiary/aromatic N) is 1. The SMILES string of the molecule is O=C(CCCCCNC(=O)c1ccccc1)NN=Cc1ccc(O)cc1O. The van der Waals surface area contributed by atoms with Gasteiger partial charge in [-0.25, -0.2) is 5.43 Å². The summed E-state index contributed by atoms with van der Waals surface area (Å²) in [5, 5.41) is 25.4. The highest BCUT2D eigenvalue weighted by Gasteiger charge is 2.04. The fourth-order valence-electron chi connectivity index (χ4n) is 2.35. The van der Waals surface area contributed by atoms with Gasteiger partial charge in [0.25, 0.3) is 5.91 Å². The number of amides is 2. The molecule has 2 aromatic rings. The summed E-state index contributed by atoms with van der Waals surface area (Å²) >= 11 is 0. The van der Waals surface area contributed by atoms with Gasteiger partial charge < -0.3 is 15.5 Å². The van der Waals surface area contributed by atoms with Gasteiger partial charge in [-0.2, -0.15) is 5.10 Å². The van der Waals surface area contributed by atoms with Crippen LogP contribution in [0.1, 0.15) is 41.6 Å². The summed E-state index contributed by atoms with van der Waals surface area (Å²) in [5.74, 6) is -0.489. The Balaban J connectivity index is 1.57. The summed E-state index contributed by atoms with van der Waals surface area (Å²) in [6.45, 7) is 0.563. The molecule has 0 aliphatic rings. The molecule has 0 bridgehead atoms. The van der Waals surface area contributed by atoms with Gasteiger partial charge in [0.2, 0.25) is 5.91 Å². The number of carbonyl (C=O) groups excluding carboxylic acids is 2. The highest BCUT2D eigenvalue weighted by Crippen LogP contribution is 2.20. The molecule has 0 unspecified atom stereocenters. The number of phenols is 2. The number of carbonyl (C=O) groups is 2. The topological polar surface area (TPSA) is 111 Å². The van der Waals surface area contributed by atoms with Crippen molar-refractivity contribution in [3.8, 4) is 11.5 Å². The summed E-state index contributed by atoms with van der Waals surface area (Å²) in [7, 11) is 0. The van der Waals surface area contributed by atoms with Crippen LogP contribution in [0.15, 0.2) is 53.6 Å². The molecule has 2 amide bonds. The van der Waals surface area contributed by atoms with Crippen LogP contribution in [-0.4, -0.2) is 34.8 Å². The number of hydrogen-bond acceptors (Lipinski definition) is 5. The molecule has 0 heterocycles. The van der Waals surface area contributed by atoms with Gasteiger partial charge in [-0.1, -0.05) is 24.6 Å². The van der Waals surface area contributed by atoms with Gasteiger partial charge in [0, 0.05) is 30.2 Å². The number of nitrogens with one attached hydrogen (secondary N) is 2. The first kappa shape index (κ1) is 20.0. The lowest BCUT2D eigenvalue weighted by molar-refractivity contribution is -0.121. The first-order valence-corrected chi connectivity index (χ1v) is 8.73. The quantitative estimate of drug-likeness (QED) is 0.309. The van der Waals surface area contributed by atoms with E-state index in [9.17, 15) is 19.8 Å². The smallest absolute Gasteiger partial charge is 0.251 e. The highest BCUT2D eigenvalue weighted by molar-refractivity contribution is 5.94. The predicted octanol–water partition coefficient (Wildman–Crippen LogP) is 2.54. The van der Waals surface area contributed by atoms with Crippen molar-refractivity contribution in [3.05, 3.63) is 59.7 Å². The van der Waals surface area contributed by atoms with Crippen molar-refractivity contribution in [2.24, 2.45) is 5.10 Å². The molecule has 2 aromatic carbocycles. The van der Waals surface area contributed by atoms with E-state index < -0.39 is 0 Å². The van der Waals surface area contributed by atoms with E-state index in [1.54, 1.807) is 12.1 Å². The van der Waals surface area contributed by atoms with Crippen LogP contribution in [0, 0.1) is 0 Å². The Hall–Kier alpha value is -3.35.